The summed E-state index contributed by atoms with van der Waals surface area (Å²) in [5.41, 5.74) is 4.12. The highest BCUT2D eigenvalue weighted by atomic mass is 16.5. The maximum atomic E-state index is 5.91. The number of aryl methyl sites for hydroxylation is 2. The first-order chi connectivity index (χ1) is 10.2. The second-order valence-corrected chi connectivity index (χ2v) is 4.96. The Hall–Kier alpha value is -2.68. The van der Waals surface area contributed by atoms with Crippen LogP contribution in [0.4, 0.5) is 0 Å². The average Bonchev–Trinajstić information content (AvgIpc) is 2.51. The van der Waals surface area contributed by atoms with Crippen LogP contribution in [-0.2, 0) is 0 Å². The Labute approximate surface area is 124 Å². The number of rotatable bonds is 3. The van der Waals surface area contributed by atoms with Crippen LogP contribution in [0.1, 0.15) is 11.3 Å². The molecule has 0 fully saturated rings. The number of benzene rings is 1. The normalized spacial score (nSPS) is 10.4. The van der Waals surface area contributed by atoms with Gasteiger partial charge in [0.25, 0.3) is 0 Å². The molecule has 0 atom stereocenters. The van der Waals surface area contributed by atoms with Crippen molar-refractivity contribution < 1.29 is 4.74 Å². The van der Waals surface area contributed by atoms with Gasteiger partial charge in [0.1, 0.15) is 5.75 Å². The Morgan fingerprint density at radius 1 is 0.857 bits per heavy atom. The molecule has 3 rings (SSSR count). The van der Waals surface area contributed by atoms with E-state index in [4.69, 9.17) is 4.74 Å². The van der Waals surface area contributed by atoms with Crippen molar-refractivity contribution in [1.82, 2.24) is 9.97 Å². The number of hydrogen-bond donors (Lipinski definition) is 0. The van der Waals surface area contributed by atoms with E-state index in [2.05, 4.69) is 9.97 Å². The first-order valence-corrected chi connectivity index (χ1v) is 6.85. The number of ether oxygens (including phenoxy) is 1. The summed E-state index contributed by atoms with van der Waals surface area (Å²) >= 11 is 0. The van der Waals surface area contributed by atoms with E-state index >= 15 is 0 Å². The molecule has 0 unspecified atom stereocenters. The van der Waals surface area contributed by atoms with Gasteiger partial charge in [0, 0.05) is 29.2 Å². The fraction of sp³-hybridized carbons (Fsp3) is 0.111. The minimum Gasteiger partial charge on any atom is -0.438 e. The SMILES string of the molecule is Cc1ccc(Oc2ncccc2-c2ccc(C)nc2)cc1. The fourth-order valence-corrected chi connectivity index (χ4v) is 2.04. The van der Waals surface area contributed by atoms with Crippen LogP contribution in [0.2, 0.25) is 0 Å². The van der Waals surface area contributed by atoms with Crippen LogP contribution >= 0.6 is 0 Å². The molecule has 1 aromatic carbocycles. The van der Waals surface area contributed by atoms with Gasteiger partial charge in [-0.05, 0) is 44.2 Å². The lowest BCUT2D eigenvalue weighted by molar-refractivity contribution is 0.465. The van der Waals surface area contributed by atoms with Crippen molar-refractivity contribution in [3.05, 3.63) is 72.2 Å². The summed E-state index contributed by atoms with van der Waals surface area (Å²) in [5, 5.41) is 0. The molecule has 0 aliphatic rings. The van der Waals surface area contributed by atoms with Crippen LogP contribution < -0.4 is 4.74 Å². The summed E-state index contributed by atoms with van der Waals surface area (Å²) in [6.45, 7) is 4.02. The molecule has 0 N–H and O–H groups in total. The van der Waals surface area contributed by atoms with E-state index in [0.717, 1.165) is 22.6 Å². The number of aromatic nitrogens is 2. The van der Waals surface area contributed by atoms with Gasteiger partial charge < -0.3 is 4.74 Å². The third kappa shape index (κ3) is 3.08. The Bertz CT molecular complexity index is 734. The lowest BCUT2D eigenvalue weighted by Crippen LogP contribution is -1.92. The highest BCUT2D eigenvalue weighted by molar-refractivity contribution is 5.68. The zero-order valence-electron chi connectivity index (χ0n) is 12.1. The highest BCUT2D eigenvalue weighted by Gasteiger charge is 2.08. The van der Waals surface area contributed by atoms with Gasteiger partial charge >= 0.3 is 0 Å². The standard InChI is InChI=1S/C18H16N2O/c1-13-5-9-16(10-6-13)21-18-17(4-3-11-19-18)15-8-7-14(2)20-12-15/h3-12H,1-2H3. The topological polar surface area (TPSA) is 35.0 Å². The van der Waals surface area contributed by atoms with Crippen LogP contribution in [0, 0.1) is 13.8 Å². The van der Waals surface area contributed by atoms with Crippen LogP contribution in [0.25, 0.3) is 11.1 Å². The molecule has 0 spiro atoms. The Balaban J connectivity index is 1.96. The number of hydrogen-bond acceptors (Lipinski definition) is 3. The monoisotopic (exact) mass is 276 g/mol. The molecule has 0 saturated carbocycles. The molecular weight excluding hydrogens is 260 g/mol. The Morgan fingerprint density at radius 2 is 1.67 bits per heavy atom. The fourth-order valence-electron chi connectivity index (χ4n) is 2.04. The molecule has 0 aliphatic heterocycles. The number of pyridine rings is 2. The lowest BCUT2D eigenvalue weighted by Gasteiger charge is -2.10. The molecule has 3 aromatic rings. The van der Waals surface area contributed by atoms with E-state index in [9.17, 15) is 0 Å². The molecule has 2 aromatic heterocycles. The van der Waals surface area contributed by atoms with Crippen LogP contribution in [-0.4, -0.2) is 9.97 Å². The van der Waals surface area contributed by atoms with Gasteiger partial charge in [0.05, 0.1) is 0 Å². The third-order valence-corrected chi connectivity index (χ3v) is 3.23. The largest absolute Gasteiger partial charge is 0.438 e. The average molecular weight is 276 g/mol. The van der Waals surface area contributed by atoms with E-state index in [1.165, 1.54) is 5.56 Å². The van der Waals surface area contributed by atoms with Crippen LogP contribution in [0.15, 0.2) is 60.9 Å². The summed E-state index contributed by atoms with van der Waals surface area (Å²) in [6, 6.07) is 15.8. The molecule has 3 nitrogen and oxygen atoms in total. The van der Waals surface area contributed by atoms with Gasteiger partial charge in [-0.1, -0.05) is 23.8 Å². The van der Waals surface area contributed by atoms with Crippen LogP contribution in [0.5, 0.6) is 11.6 Å². The van der Waals surface area contributed by atoms with Crippen molar-refractivity contribution in [3.63, 3.8) is 0 Å². The quantitative estimate of drug-likeness (QED) is 0.703. The zero-order chi connectivity index (χ0) is 14.7. The Morgan fingerprint density at radius 3 is 2.38 bits per heavy atom. The maximum Gasteiger partial charge on any atom is 0.227 e. The van der Waals surface area contributed by atoms with Crippen LogP contribution in [0.3, 0.4) is 0 Å². The lowest BCUT2D eigenvalue weighted by atomic mass is 10.1. The van der Waals surface area contributed by atoms with E-state index in [0.29, 0.717) is 5.88 Å². The minimum absolute atomic E-state index is 0.590. The van der Waals surface area contributed by atoms with E-state index < -0.39 is 0 Å². The van der Waals surface area contributed by atoms with Gasteiger partial charge in [0.2, 0.25) is 5.88 Å². The molecule has 0 bridgehead atoms. The van der Waals surface area contributed by atoms with E-state index in [-0.39, 0.29) is 0 Å². The van der Waals surface area contributed by atoms with Gasteiger partial charge in [-0.2, -0.15) is 0 Å². The molecule has 3 heteroatoms. The summed E-state index contributed by atoms with van der Waals surface area (Å²) in [6.07, 6.45) is 3.57. The third-order valence-electron chi connectivity index (χ3n) is 3.23. The van der Waals surface area contributed by atoms with E-state index in [1.807, 2.05) is 68.6 Å². The first kappa shape index (κ1) is 13.3. The Kier molecular flexibility index (Phi) is 3.65. The highest BCUT2D eigenvalue weighted by Crippen LogP contribution is 2.30. The number of nitrogens with zero attached hydrogens (tertiary/aromatic N) is 2. The van der Waals surface area contributed by atoms with Crippen molar-refractivity contribution >= 4 is 0 Å². The predicted octanol–water partition coefficient (Wildman–Crippen LogP) is 4.55. The summed E-state index contributed by atoms with van der Waals surface area (Å²) in [4.78, 5) is 8.68. The summed E-state index contributed by atoms with van der Waals surface area (Å²) in [7, 11) is 0. The van der Waals surface area contributed by atoms with Crippen molar-refractivity contribution in [3.8, 4) is 22.8 Å². The van der Waals surface area contributed by atoms with Crippen molar-refractivity contribution in [2.45, 2.75) is 13.8 Å². The molecular formula is C18H16N2O. The van der Waals surface area contributed by atoms with Gasteiger partial charge in [-0.25, -0.2) is 4.98 Å². The molecule has 0 amide bonds. The van der Waals surface area contributed by atoms with Crippen molar-refractivity contribution in [2.24, 2.45) is 0 Å². The van der Waals surface area contributed by atoms with Gasteiger partial charge in [-0.15, -0.1) is 0 Å². The molecule has 0 aliphatic carbocycles. The smallest absolute Gasteiger partial charge is 0.227 e. The first-order valence-electron chi connectivity index (χ1n) is 6.85. The molecule has 2 heterocycles. The minimum atomic E-state index is 0.590. The zero-order valence-corrected chi connectivity index (χ0v) is 12.1. The van der Waals surface area contributed by atoms with Crippen molar-refractivity contribution in [1.29, 1.82) is 0 Å². The molecule has 0 saturated heterocycles. The van der Waals surface area contributed by atoms with Gasteiger partial charge in [0.15, 0.2) is 0 Å². The van der Waals surface area contributed by atoms with Crippen molar-refractivity contribution in [2.75, 3.05) is 0 Å². The van der Waals surface area contributed by atoms with Gasteiger partial charge in [-0.3, -0.25) is 4.98 Å². The molecule has 21 heavy (non-hydrogen) atoms. The second-order valence-electron chi connectivity index (χ2n) is 4.96. The second kappa shape index (κ2) is 5.75. The maximum absolute atomic E-state index is 5.91. The summed E-state index contributed by atoms with van der Waals surface area (Å²) in [5.74, 6) is 1.37. The predicted molar refractivity (Wildman–Crippen MR) is 83.5 cm³/mol. The van der Waals surface area contributed by atoms with E-state index in [1.54, 1.807) is 6.20 Å². The summed E-state index contributed by atoms with van der Waals surface area (Å²) < 4.78 is 5.91. The molecule has 104 valence electrons. The molecule has 0 radical (unpaired) electrons.